The van der Waals surface area contributed by atoms with E-state index in [0.717, 1.165) is 18.9 Å². The van der Waals surface area contributed by atoms with E-state index >= 15 is 0 Å². The fraction of sp³-hybridized carbons (Fsp3) is 0.929. The van der Waals surface area contributed by atoms with E-state index in [1.165, 1.54) is 25.9 Å². The number of aliphatic carboxylic acids is 1. The van der Waals surface area contributed by atoms with Crippen molar-refractivity contribution in [2.45, 2.75) is 51.5 Å². The van der Waals surface area contributed by atoms with Crippen molar-refractivity contribution in [2.75, 3.05) is 26.7 Å². The maximum absolute atomic E-state index is 11.3. The number of carbonyl (C=O) groups is 1. The van der Waals surface area contributed by atoms with Gasteiger partial charge in [0.1, 0.15) is 5.54 Å². The van der Waals surface area contributed by atoms with Crippen LogP contribution in [0.5, 0.6) is 0 Å². The van der Waals surface area contributed by atoms with Gasteiger partial charge in [0.25, 0.3) is 0 Å². The van der Waals surface area contributed by atoms with Crippen molar-refractivity contribution in [3.05, 3.63) is 0 Å². The van der Waals surface area contributed by atoms with Crippen LogP contribution in [0.1, 0.15) is 46.0 Å². The lowest BCUT2D eigenvalue weighted by molar-refractivity contribution is -0.145. The van der Waals surface area contributed by atoms with E-state index in [4.69, 9.17) is 0 Å². The van der Waals surface area contributed by atoms with Gasteiger partial charge in [-0.15, -0.1) is 0 Å². The number of carboxylic acids is 1. The summed E-state index contributed by atoms with van der Waals surface area (Å²) in [6, 6.07) is 0. The average molecular weight is 256 g/mol. The molecule has 0 amide bonds. The van der Waals surface area contributed by atoms with Gasteiger partial charge in [-0.1, -0.05) is 20.3 Å². The van der Waals surface area contributed by atoms with Gasteiger partial charge in [-0.25, -0.2) is 0 Å². The molecular formula is C14H28N2O2. The highest BCUT2D eigenvalue weighted by atomic mass is 16.4. The first-order chi connectivity index (χ1) is 8.57. The molecular weight excluding hydrogens is 228 g/mol. The summed E-state index contributed by atoms with van der Waals surface area (Å²) in [6.45, 7) is 7.61. The molecule has 18 heavy (non-hydrogen) atoms. The fourth-order valence-corrected chi connectivity index (χ4v) is 2.90. The molecule has 0 radical (unpaired) electrons. The van der Waals surface area contributed by atoms with Crippen LogP contribution < -0.4 is 5.32 Å². The summed E-state index contributed by atoms with van der Waals surface area (Å²) >= 11 is 0. The van der Waals surface area contributed by atoms with Crippen molar-refractivity contribution in [1.29, 1.82) is 0 Å². The minimum absolute atomic E-state index is 0.635. The highest BCUT2D eigenvalue weighted by Gasteiger charge is 2.34. The van der Waals surface area contributed by atoms with E-state index in [2.05, 4.69) is 17.1 Å². The Morgan fingerprint density at radius 3 is 2.67 bits per heavy atom. The monoisotopic (exact) mass is 256 g/mol. The SMILES string of the molecule is CCC1CCN(CCCC(CC)(NC)C(=O)O)C1. The van der Waals surface area contributed by atoms with Gasteiger partial charge in [0, 0.05) is 6.54 Å². The highest BCUT2D eigenvalue weighted by molar-refractivity contribution is 5.78. The predicted molar refractivity (Wildman–Crippen MR) is 73.8 cm³/mol. The Morgan fingerprint density at radius 2 is 2.22 bits per heavy atom. The molecule has 106 valence electrons. The summed E-state index contributed by atoms with van der Waals surface area (Å²) in [5.41, 5.74) is -0.732. The van der Waals surface area contributed by atoms with Crippen LogP contribution in [0, 0.1) is 5.92 Å². The van der Waals surface area contributed by atoms with Crippen molar-refractivity contribution in [1.82, 2.24) is 10.2 Å². The zero-order valence-corrected chi connectivity index (χ0v) is 12.0. The minimum atomic E-state index is -0.732. The second-order valence-corrected chi connectivity index (χ2v) is 5.46. The van der Waals surface area contributed by atoms with Crippen molar-refractivity contribution >= 4 is 5.97 Å². The molecule has 0 aromatic heterocycles. The van der Waals surface area contributed by atoms with Crippen molar-refractivity contribution < 1.29 is 9.90 Å². The third-order valence-electron chi connectivity index (χ3n) is 4.52. The van der Waals surface area contributed by atoms with Crippen molar-refractivity contribution in [3.8, 4) is 0 Å². The molecule has 2 N–H and O–H groups in total. The quantitative estimate of drug-likeness (QED) is 0.697. The number of rotatable bonds is 8. The van der Waals surface area contributed by atoms with Gasteiger partial charge in [0.05, 0.1) is 0 Å². The largest absolute Gasteiger partial charge is 0.480 e. The Bertz CT molecular complexity index is 265. The third kappa shape index (κ3) is 3.69. The molecule has 1 heterocycles. The molecule has 2 atom stereocenters. The number of nitrogens with one attached hydrogen (secondary N) is 1. The maximum atomic E-state index is 11.3. The Kier molecular flexibility index (Phi) is 6.09. The van der Waals surface area contributed by atoms with Crippen LogP contribution in [0.25, 0.3) is 0 Å². The molecule has 1 rings (SSSR count). The first-order valence-corrected chi connectivity index (χ1v) is 7.22. The Balaban J connectivity index is 2.34. The standard InChI is InChI=1S/C14H28N2O2/c1-4-12-7-10-16(11-12)9-6-8-14(5-2,15-3)13(17)18/h12,15H,4-11H2,1-3H3,(H,17,18). The highest BCUT2D eigenvalue weighted by Crippen LogP contribution is 2.22. The van der Waals surface area contributed by atoms with Crippen LogP contribution in [-0.2, 0) is 4.79 Å². The van der Waals surface area contributed by atoms with E-state index in [1.54, 1.807) is 7.05 Å². The normalized spacial score (nSPS) is 24.1. The van der Waals surface area contributed by atoms with Crippen LogP contribution in [0.15, 0.2) is 0 Å². The predicted octanol–water partition coefficient (Wildman–Crippen LogP) is 1.95. The van der Waals surface area contributed by atoms with Gasteiger partial charge in [0.15, 0.2) is 0 Å². The molecule has 0 aromatic carbocycles. The summed E-state index contributed by atoms with van der Waals surface area (Å²) in [5, 5.41) is 12.3. The fourth-order valence-electron chi connectivity index (χ4n) is 2.90. The zero-order chi connectivity index (χ0) is 13.6. The van der Waals surface area contributed by atoms with Crippen LogP contribution in [0.4, 0.5) is 0 Å². The molecule has 4 nitrogen and oxygen atoms in total. The summed E-state index contributed by atoms with van der Waals surface area (Å²) < 4.78 is 0. The van der Waals surface area contributed by atoms with Gasteiger partial charge >= 0.3 is 5.97 Å². The van der Waals surface area contributed by atoms with E-state index < -0.39 is 11.5 Å². The van der Waals surface area contributed by atoms with Gasteiger partial charge in [-0.2, -0.15) is 0 Å². The Labute approximate surface area is 111 Å². The Hall–Kier alpha value is -0.610. The first kappa shape index (κ1) is 15.4. The van der Waals surface area contributed by atoms with Crippen molar-refractivity contribution in [3.63, 3.8) is 0 Å². The first-order valence-electron chi connectivity index (χ1n) is 7.22. The van der Waals surface area contributed by atoms with Gasteiger partial charge < -0.3 is 15.3 Å². The Morgan fingerprint density at radius 1 is 1.50 bits per heavy atom. The van der Waals surface area contributed by atoms with Crippen molar-refractivity contribution in [2.24, 2.45) is 5.92 Å². The van der Waals surface area contributed by atoms with Gasteiger partial charge in [0.2, 0.25) is 0 Å². The maximum Gasteiger partial charge on any atom is 0.323 e. The molecule has 1 saturated heterocycles. The number of likely N-dealkylation sites (tertiary alicyclic amines) is 1. The molecule has 0 spiro atoms. The van der Waals surface area contributed by atoms with E-state index in [1.807, 2.05) is 6.92 Å². The van der Waals surface area contributed by atoms with Gasteiger partial charge in [-0.3, -0.25) is 4.79 Å². The van der Waals surface area contributed by atoms with Crippen LogP contribution in [0.2, 0.25) is 0 Å². The van der Waals surface area contributed by atoms with Crippen LogP contribution in [-0.4, -0.2) is 48.2 Å². The molecule has 0 bridgehead atoms. The summed E-state index contributed by atoms with van der Waals surface area (Å²) in [6.07, 6.45) is 4.87. The summed E-state index contributed by atoms with van der Waals surface area (Å²) in [5.74, 6) is 0.130. The van der Waals surface area contributed by atoms with E-state index in [9.17, 15) is 9.90 Å². The lowest BCUT2D eigenvalue weighted by atomic mass is 9.90. The topological polar surface area (TPSA) is 52.6 Å². The molecule has 1 aliphatic rings. The smallest absolute Gasteiger partial charge is 0.323 e. The molecule has 1 aliphatic heterocycles. The number of hydrogen-bond donors (Lipinski definition) is 2. The molecule has 0 saturated carbocycles. The number of nitrogens with zero attached hydrogens (tertiary/aromatic N) is 1. The van der Waals surface area contributed by atoms with Crippen LogP contribution in [0.3, 0.4) is 0 Å². The van der Waals surface area contributed by atoms with E-state index in [-0.39, 0.29) is 0 Å². The van der Waals surface area contributed by atoms with Gasteiger partial charge in [-0.05, 0) is 51.7 Å². The summed E-state index contributed by atoms with van der Waals surface area (Å²) in [7, 11) is 1.75. The molecule has 1 fully saturated rings. The molecule has 0 aliphatic carbocycles. The zero-order valence-electron chi connectivity index (χ0n) is 12.0. The number of hydrogen-bond acceptors (Lipinski definition) is 3. The molecule has 4 heteroatoms. The number of carboxylic acid groups (broad SMARTS) is 1. The summed E-state index contributed by atoms with van der Waals surface area (Å²) in [4.78, 5) is 13.8. The second kappa shape index (κ2) is 7.10. The minimum Gasteiger partial charge on any atom is -0.480 e. The number of likely N-dealkylation sites (N-methyl/N-ethyl adjacent to an activating group) is 1. The third-order valence-corrected chi connectivity index (χ3v) is 4.52. The molecule has 0 aromatic rings. The van der Waals surface area contributed by atoms with E-state index in [0.29, 0.717) is 12.8 Å². The average Bonchev–Trinajstić information content (AvgIpc) is 2.82. The lowest BCUT2D eigenvalue weighted by Crippen LogP contribution is -2.50. The van der Waals surface area contributed by atoms with Crippen LogP contribution >= 0.6 is 0 Å². The second-order valence-electron chi connectivity index (χ2n) is 5.46. The lowest BCUT2D eigenvalue weighted by Gasteiger charge is -2.28. The molecule has 2 unspecified atom stereocenters.